The molecule has 0 aliphatic carbocycles. The van der Waals surface area contributed by atoms with Gasteiger partial charge in [-0.3, -0.25) is 4.55 Å². The minimum atomic E-state index is -4.16. The van der Waals surface area contributed by atoms with Crippen molar-refractivity contribution in [3.63, 3.8) is 0 Å². The van der Waals surface area contributed by atoms with Crippen LogP contribution in [0.15, 0.2) is 0 Å². The fourth-order valence-electron chi connectivity index (χ4n) is 3.74. The van der Waals surface area contributed by atoms with Crippen LogP contribution in [0.2, 0.25) is 0 Å². The van der Waals surface area contributed by atoms with Crippen molar-refractivity contribution >= 4 is 10.1 Å². The lowest BCUT2D eigenvalue weighted by Gasteiger charge is -2.19. The molecule has 27 heavy (non-hydrogen) atoms. The van der Waals surface area contributed by atoms with Gasteiger partial charge >= 0.3 is 0 Å². The second-order valence-electron chi connectivity index (χ2n) is 8.15. The third kappa shape index (κ3) is 16.5. The molecule has 0 aromatic rings. The molecule has 0 amide bonds. The van der Waals surface area contributed by atoms with Crippen molar-refractivity contribution in [3.8, 4) is 0 Å². The van der Waals surface area contributed by atoms with E-state index in [0.29, 0.717) is 19.3 Å². The molecule has 0 aromatic carbocycles. The van der Waals surface area contributed by atoms with Gasteiger partial charge in [0.05, 0.1) is 6.10 Å². The third-order valence-corrected chi connectivity index (χ3v) is 6.80. The number of aliphatic hydroxyl groups excluding tert-OH is 1. The number of aliphatic hydroxyl groups is 1. The van der Waals surface area contributed by atoms with Gasteiger partial charge in [0.25, 0.3) is 10.1 Å². The van der Waals surface area contributed by atoms with Gasteiger partial charge in [0.15, 0.2) is 0 Å². The molecule has 2 atom stereocenters. The van der Waals surface area contributed by atoms with Crippen LogP contribution >= 0.6 is 0 Å². The summed E-state index contributed by atoms with van der Waals surface area (Å²) in [4.78, 5) is 0. The molecule has 0 heterocycles. The van der Waals surface area contributed by atoms with Crippen LogP contribution in [0.4, 0.5) is 0 Å². The predicted molar refractivity (Wildman–Crippen MR) is 116 cm³/mol. The summed E-state index contributed by atoms with van der Waals surface area (Å²) in [6, 6.07) is 0. The molecule has 0 fully saturated rings. The van der Waals surface area contributed by atoms with Crippen LogP contribution < -0.4 is 0 Å². The van der Waals surface area contributed by atoms with Crippen molar-refractivity contribution in [2.24, 2.45) is 0 Å². The molecule has 0 aliphatic heterocycles. The van der Waals surface area contributed by atoms with Crippen molar-refractivity contribution in [1.82, 2.24) is 0 Å². The van der Waals surface area contributed by atoms with E-state index in [9.17, 15) is 18.1 Å². The predicted octanol–water partition coefficient (Wildman–Crippen LogP) is 6.67. The lowest BCUT2D eigenvalue weighted by molar-refractivity contribution is 0.149. The van der Waals surface area contributed by atoms with E-state index in [2.05, 4.69) is 6.92 Å². The quantitative estimate of drug-likeness (QED) is 0.175. The Morgan fingerprint density at radius 2 is 0.963 bits per heavy atom. The van der Waals surface area contributed by atoms with Crippen LogP contribution in [-0.4, -0.2) is 29.4 Å². The average molecular weight is 407 g/mol. The van der Waals surface area contributed by atoms with E-state index in [1.54, 1.807) is 0 Å². The molecule has 4 nitrogen and oxygen atoms in total. The van der Waals surface area contributed by atoms with Gasteiger partial charge in [0.2, 0.25) is 0 Å². The Morgan fingerprint density at radius 3 is 1.30 bits per heavy atom. The van der Waals surface area contributed by atoms with E-state index < -0.39 is 21.5 Å². The van der Waals surface area contributed by atoms with Crippen LogP contribution in [-0.2, 0) is 10.1 Å². The van der Waals surface area contributed by atoms with Crippen LogP contribution in [0.3, 0.4) is 0 Å². The Kier molecular flexibility index (Phi) is 17.8. The summed E-state index contributed by atoms with van der Waals surface area (Å²) in [5, 5.41) is 8.91. The van der Waals surface area contributed by atoms with Crippen molar-refractivity contribution in [1.29, 1.82) is 0 Å². The first-order valence-corrected chi connectivity index (χ1v) is 13.1. The summed E-state index contributed by atoms with van der Waals surface area (Å²) in [7, 11) is -4.16. The molecule has 0 saturated carbocycles. The summed E-state index contributed by atoms with van der Waals surface area (Å²) < 4.78 is 32.1. The van der Waals surface area contributed by atoms with Gasteiger partial charge in [-0.05, 0) is 12.8 Å². The zero-order valence-electron chi connectivity index (χ0n) is 18.0. The molecule has 164 valence electrons. The Balaban J connectivity index is 3.50. The summed E-state index contributed by atoms with van der Waals surface area (Å²) in [5.74, 6) is 0. The molecule has 0 bridgehead atoms. The fraction of sp³-hybridized carbons (Fsp3) is 1.00. The van der Waals surface area contributed by atoms with Crippen LogP contribution in [0.25, 0.3) is 0 Å². The highest BCUT2D eigenvalue weighted by Gasteiger charge is 2.29. The molecular formula is C22H46O4S. The SMILES string of the molecule is CCCCCCCCCCCCCCCCCC(C(O)CCC)S(=O)(=O)O. The van der Waals surface area contributed by atoms with Gasteiger partial charge in [-0.15, -0.1) is 0 Å². The molecule has 5 heteroatoms. The summed E-state index contributed by atoms with van der Waals surface area (Å²) in [6.45, 7) is 4.16. The van der Waals surface area contributed by atoms with E-state index in [-0.39, 0.29) is 0 Å². The molecule has 0 aromatic heterocycles. The molecule has 0 radical (unpaired) electrons. The fourth-order valence-corrected chi connectivity index (χ4v) is 4.74. The molecule has 0 spiro atoms. The second kappa shape index (κ2) is 17.9. The Morgan fingerprint density at radius 1 is 0.593 bits per heavy atom. The van der Waals surface area contributed by atoms with Crippen molar-refractivity contribution in [2.45, 2.75) is 141 Å². The number of rotatable bonds is 20. The molecular weight excluding hydrogens is 360 g/mol. The summed E-state index contributed by atoms with van der Waals surface area (Å²) in [6.07, 6.45) is 19.5. The lowest BCUT2D eigenvalue weighted by atomic mass is 10.0. The summed E-state index contributed by atoms with van der Waals surface area (Å²) >= 11 is 0. The minimum absolute atomic E-state index is 0.359. The maximum absolute atomic E-state index is 11.4. The second-order valence-corrected chi connectivity index (χ2v) is 9.78. The molecule has 0 aliphatic rings. The molecule has 0 saturated heterocycles. The van der Waals surface area contributed by atoms with Crippen LogP contribution in [0.1, 0.15) is 129 Å². The van der Waals surface area contributed by atoms with Gasteiger partial charge in [0.1, 0.15) is 5.25 Å². The van der Waals surface area contributed by atoms with Crippen LogP contribution in [0, 0.1) is 0 Å². The van der Waals surface area contributed by atoms with Gasteiger partial charge in [-0.2, -0.15) is 8.42 Å². The normalized spacial score (nSPS) is 14.4. The van der Waals surface area contributed by atoms with E-state index in [4.69, 9.17) is 0 Å². The Hall–Kier alpha value is -0.130. The molecule has 0 rings (SSSR count). The van der Waals surface area contributed by atoms with Crippen molar-refractivity contribution in [3.05, 3.63) is 0 Å². The first-order chi connectivity index (χ1) is 12.9. The minimum Gasteiger partial charge on any atom is -0.392 e. The largest absolute Gasteiger partial charge is 0.392 e. The van der Waals surface area contributed by atoms with Crippen molar-refractivity contribution < 1.29 is 18.1 Å². The summed E-state index contributed by atoms with van der Waals surface area (Å²) in [5.41, 5.74) is 0. The smallest absolute Gasteiger partial charge is 0.270 e. The monoisotopic (exact) mass is 406 g/mol. The Bertz CT molecular complexity index is 409. The first-order valence-electron chi connectivity index (χ1n) is 11.6. The van der Waals surface area contributed by atoms with Gasteiger partial charge in [-0.1, -0.05) is 117 Å². The van der Waals surface area contributed by atoms with E-state index in [0.717, 1.165) is 19.3 Å². The number of hydrogen-bond acceptors (Lipinski definition) is 3. The van der Waals surface area contributed by atoms with Gasteiger partial charge < -0.3 is 5.11 Å². The highest BCUT2D eigenvalue weighted by Crippen LogP contribution is 2.19. The lowest BCUT2D eigenvalue weighted by Crippen LogP contribution is -2.33. The van der Waals surface area contributed by atoms with E-state index >= 15 is 0 Å². The number of unbranched alkanes of at least 4 members (excludes halogenated alkanes) is 14. The van der Waals surface area contributed by atoms with E-state index in [1.165, 1.54) is 77.0 Å². The maximum Gasteiger partial charge on any atom is 0.270 e. The topological polar surface area (TPSA) is 74.6 Å². The van der Waals surface area contributed by atoms with Crippen LogP contribution in [0.5, 0.6) is 0 Å². The highest BCUT2D eigenvalue weighted by atomic mass is 32.2. The maximum atomic E-state index is 11.4. The van der Waals surface area contributed by atoms with E-state index in [1.807, 2.05) is 6.92 Å². The van der Waals surface area contributed by atoms with Gasteiger partial charge in [0, 0.05) is 0 Å². The highest BCUT2D eigenvalue weighted by molar-refractivity contribution is 7.86. The van der Waals surface area contributed by atoms with Crippen molar-refractivity contribution in [2.75, 3.05) is 0 Å². The first kappa shape index (κ1) is 26.9. The number of hydrogen-bond donors (Lipinski definition) is 2. The zero-order valence-corrected chi connectivity index (χ0v) is 18.8. The standard InChI is InChI=1S/C22H46O4S/c1-3-5-6-7-8-9-10-11-12-13-14-15-16-17-18-20-22(27(24,25)26)21(23)19-4-2/h21-23H,3-20H2,1-2H3,(H,24,25,26). The Labute approximate surface area is 169 Å². The molecule has 2 unspecified atom stereocenters. The zero-order chi connectivity index (χ0) is 20.4. The third-order valence-electron chi connectivity index (χ3n) is 5.49. The molecule has 2 N–H and O–H groups in total. The average Bonchev–Trinajstić information content (AvgIpc) is 2.60. The van der Waals surface area contributed by atoms with Gasteiger partial charge in [-0.25, -0.2) is 0 Å².